The summed E-state index contributed by atoms with van der Waals surface area (Å²) in [6.45, 7) is 1.40. The number of carbonyl (C=O) groups is 2. The lowest BCUT2D eigenvalue weighted by atomic mass is 9.95. The van der Waals surface area contributed by atoms with E-state index in [0.29, 0.717) is 17.2 Å². The molecule has 0 heterocycles. The standard InChI is InChI=1S/C28H38ClN3O6S/c1-5-24(28(34)30-22-11-7-6-8-12-22)31(18-20-10-9-13-23(16-20)37-2)27(33)19-32(39(4,35)36)25-17-21(29)14-15-26(25)38-3/h9-10,13-17,22,24H,5-8,11-12,18-19H2,1-4H3,(H,30,34)/t24-/m0/s1. The van der Waals surface area contributed by atoms with E-state index in [9.17, 15) is 18.0 Å². The summed E-state index contributed by atoms with van der Waals surface area (Å²) in [5.41, 5.74) is 0.889. The highest BCUT2D eigenvalue weighted by Gasteiger charge is 2.33. The zero-order valence-corrected chi connectivity index (χ0v) is 24.6. The largest absolute Gasteiger partial charge is 0.497 e. The number of nitrogens with one attached hydrogen (secondary N) is 1. The molecule has 1 fully saturated rings. The molecule has 2 amide bonds. The molecule has 0 spiro atoms. The van der Waals surface area contributed by atoms with Crippen molar-refractivity contribution in [2.24, 2.45) is 0 Å². The van der Waals surface area contributed by atoms with Gasteiger partial charge in [0.1, 0.15) is 24.1 Å². The third kappa shape index (κ3) is 8.25. The fraction of sp³-hybridized carbons (Fsp3) is 0.500. The number of methoxy groups -OCH3 is 2. The highest BCUT2D eigenvalue weighted by atomic mass is 35.5. The SMILES string of the molecule is CC[C@@H](C(=O)NC1CCCCC1)N(Cc1cccc(OC)c1)C(=O)CN(c1cc(Cl)ccc1OC)S(C)(=O)=O. The smallest absolute Gasteiger partial charge is 0.244 e. The minimum Gasteiger partial charge on any atom is -0.497 e. The molecule has 1 N–H and O–H groups in total. The summed E-state index contributed by atoms with van der Waals surface area (Å²) >= 11 is 6.17. The van der Waals surface area contributed by atoms with Gasteiger partial charge in [0.25, 0.3) is 0 Å². The van der Waals surface area contributed by atoms with Gasteiger partial charge in [-0.25, -0.2) is 8.42 Å². The average molecular weight is 580 g/mol. The third-order valence-corrected chi connectivity index (χ3v) is 8.27. The Bertz CT molecular complexity index is 1250. The number of nitrogens with zero attached hydrogens (tertiary/aromatic N) is 2. The van der Waals surface area contributed by atoms with E-state index in [2.05, 4.69) is 5.32 Å². The van der Waals surface area contributed by atoms with Crippen LogP contribution in [-0.2, 0) is 26.2 Å². The highest BCUT2D eigenvalue weighted by molar-refractivity contribution is 7.92. The number of halogens is 1. The Hall–Kier alpha value is -2.98. The maximum atomic E-state index is 13.9. The van der Waals surface area contributed by atoms with Gasteiger partial charge in [-0.1, -0.05) is 49.9 Å². The number of amides is 2. The normalized spacial score (nSPS) is 14.8. The van der Waals surface area contributed by atoms with Gasteiger partial charge in [-0.2, -0.15) is 0 Å². The molecular weight excluding hydrogens is 542 g/mol. The maximum absolute atomic E-state index is 13.9. The lowest BCUT2D eigenvalue weighted by Gasteiger charge is -2.34. The molecule has 3 rings (SSSR count). The minimum absolute atomic E-state index is 0.0670. The first kappa shape index (κ1) is 30.6. The minimum atomic E-state index is -3.93. The fourth-order valence-corrected chi connectivity index (χ4v) is 5.90. The first-order valence-corrected chi connectivity index (χ1v) is 15.3. The van der Waals surface area contributed by atoms with Gasteiger partial charge in [-0.3, -0.25) is 13.9 Å². The monoisotopic (exact) mass is 579 g/mol. The number of hydrogen-bond acceptors (Lipinski definition) is 6. The van der Waals surface area contributed by atoms with Crippen LogP contribution in [0.25, 0.3) is 0 Å². The summed E-state index contributed by atoms with van der Waals surface area (Å²) in [6, 6.07) is 11.0. The highest BCUT2D eigenvalue weighted by Crippen LogP contribution is 2.33. The van der Waals surface area contributed by atoms with Crippen molar-refractivity contribution in [2.45, 2.75) is 64.1 Å². The van der Waals surface area contributed by atoms with Gasteiger partial charge >= 0.3 is 0 Å². The fourth-order valence-electron chi connectivity index (χ4n) is 4.88. The van der Waals surface area contributed by atoms with Crippen LogP contribution in [0.1, 0.15) is 51.0 Å². The van der Waals surface area contributed by atoms with Crippen LogP contribution in [-0.4, -0.2) is 64.2 Å². The summed E-state index contributed by atoms with van der Waals surface area (Å²) < 4.78 is 37.5. The van der Waals surface area contributed by atoms with E-state index < -0.39 is 28.5 Å². The van der Waals surface area contributed by atoms with Crippen LogP contribution in [0.3, 0.4) is 0 Å². The number of anilines is 1. The van der Waals surface area contributed by atoms with Gasteiger partial charge in [0.15, 0.2) is 0 Å². The van der Waals surface area contributed by atoms with Crippen molar-refractivity contribution in [1.82, 2.24) is 10.2 Å². The number of ether oxygens (including phenoxy) is 2. The molecule has 0 radical (unpaired) electrons. The predicted octanol–water partition coefficient (Wildman–Crippen LogP) is 4.38. The van der Waals surface area contributed by atoms with Crippen molar-refractivity contribution in [2.75, 3.05) is 31.3 Å². The van der Waals surface area contributed by atoms with Crippen LogP contribution >= 0.6 is 11.6 Å². The van der Waals surface area contributed by atoms with Gasteiger partial charge in [-0.15, -0.1) is 0 Å². The summed E-state index contributed by atoms with van der Waals surface area (Å²) in [5.74, 6) is 0.0860. The van der Waals surface area contributed by atoms with Crippen molar-refractivity contribution in [3.05, 3.63) is 53.1 Å². The Morgan fingerprint density at radius 3 is 2.41 bits per heavy atom. The second kappa shape index (κ2) is 13.9. The molecule has 0 aromatic heterocycles. The molecule has 0 bridgehead atoms. The van der Waals surface area contributed by atoms with E-state index in [4.69, 9.17) is 21.1 Å². The van der Waals surface area contributed by atoms with Crippen LogP contribution in [0.4, 0.5) is 5.69 Å². The summed E-state index contributed by atoms with van der Waals surface area (Å²) in [7, 11) is -0.966. The molecule has 0 saturated heterocycles. The van der Waals surface area contributed by atoms with E-state index in [1.807, 2.05) is 13.0 Å². The summed E-state index contributed by atoms with van der Waals surface area (Å²) in [4.78, 5) is 28.9. The topological polar surface area (TPSA) is 105 Å². The quantitative estimate of drug-likeness (QED) is 0.400. The van der Waals surface area contributed by atoms with Crippen molar-refractivity contribution in [3.8, 4) is 11.5 Å². The van der Waals surface area contributed by atoms with Crippen molar-refractivity contribution in [3.63, 3.8) is 0 Å². The lowest BCUT2D eigenvalue weighted by molar-refractivity contribution is -0.140. The third-order valence-electron chi connectivity index (χ3n) is 6.91. The van der Waals surface area contributed by atoms with Crippen LogP contribution in [0.5, 0.6) is 11.5 Å². The van der Waals surface area contributed by atoms with E-state index in [1.165, 1.54) is 18.1 Å². The van der Waals surface area contributed by atoms with Crippen LogP contribution in [0.2, 0.25) is 5.02 Å². The Morgan fingerprint density at radius 1 is 1.08 bits per heavy atom. The second-order valence-electron chi connectivity index (χ2n) is 9.73. The maximum Gasteiger partial charge on any atom is 0.244 e. The zero-order chi connectivity index (χ0) is 28.6. The van der Waals surface area contributed by atoms with E-state index in [-0.39, 0.29) is 29.9 Å². The van der Waals surface area contributed by atoms with Crippen molar-refractivity contribution < 1.29 is 27.5 Å². The molecule has 1 aliphatic rings. The number of hydrogen-bond donors (Lipinski definition) is 1. The predicted molar refractivity (Wildman–Crippen MR) is 153 cm³/mol. The Labute approximate surface area is 236 Å². The molecule has 1 atom stereocenters. The molecule has 1 saturated carbocycles. The first-order chi connectivity index (χ1) is 18.6. The van der Waals surface area contributed by atoms with Crippen LogP contribution in [0.15, 0.2) is 42.5 Å². The molecule has 2 aromatic rings. The molecule has 9 nitrogen and oxygen atoms in total. The summed E-state index contributed by atoms with van der Waals surface area (Å²) in [6.07, 6.45) is 6.44. The molecule has 11 heteroatoms. The van der Waals surface area contributed by atoms with E-state index >= 15 is 0 Å². The molecule has 1 aliphatic carbocycles. The average Bonchev–Trinajstić information content (AvgIpc) is 2.91. The van der Waals surface area contributed by atoms with Gasteiger partial charge in [-0.05, 0) is 55.2 Å². The Kier molecular flexibility index (Phi) is 10.9. The molecule has 0 aliphatic heterocycles. The van der Waals surface area contributed by atoms with E-state index in [1.54, 1.807) is 37.4 Å². The lowest BCUT2D eigenvalue weighted by Crippen LogP contribution is -2.54. The Balaban J connectivity index is 1.97. The van der Waals surface area contributed by atoms with Gasteiger partial charge < -0.3 is 19.7 Å². The van der Waals surface area contributed by atoms with Crippen molar-refractivity contribution >= 4 is 39.1 Å². The molecular formula is C28H38ClN3O6S. The Morgan fingerprint density at radius 2 is 1.79 bits per heavy atom. The summed E-state index contributed by atoms with van der Waals surface area (Å²) in [5, 5.41) is 3.42. The van der Waals surface area contributed by atoms with Crippen LogP contribution in [0, 0.1) is 0 Å². The second-order valence-corrected chi connectivity index (χ2v) is 12.1. The first-order valence-electron chi connectivity index (χ1n) is 13.1. The van der Waals surface area contributed by atoms with E-state index in [0.717, 1.165) is 48.2 Å². The molecule has 2 aromatic carbocycles. The number of benzene rings is 2. The van der Waals surface area contributed by atoms with Gasteiger partial charge in [0.05, 0.1) is 26.2 Å². The van der Waals surface area contributed by atoms with Gasteiger partial charge in [0, 0.05) is 17.6 Å². The number of sulfonamides is 1. The van der Waals surface area contributed by atoms with Crippen LogP contribution < -0.4 is 19.1 Å². The molecule has 214 valence electrons. The molecule has 39 heavy (non-hydrogen) atoms. The zero-order valence-electron chi connectivity index (χ0n) is 23.0. The van der Waals surface area contributed by atoms with Crippen molar-refractivity contribution in [1.29, 1.82) is 0 Å². The number of rotatable bonds is 12. The number of carbonyl (C=O) groups excluding carboxylic acids is 2. The van der Waals surface area contributed by atoms with Gasteiger partial charge in [0.2, 0.25) is 21.8 Å². The molecule has 0 unspecified atom stereocenters.